The van der Waals surface area contributed by atoms with Crippen LogP contribution in [0.5, 0.6) is 0 Å². The van der Waals surface area contributed by atoms with E-state index in [9.17, 15) is 14.7 Å². The van der Waals surface area contributed by atoms with Gasteiger partial charge in [0.25, 0.3) is 0 Å². The largest absolute Gasteiger partial charge is 0.480 e. The van der Waals surface area contributed by atoms with Gasteiger partial charge in [0.1, 0.15) is 6.04 Å². The smallest absolute Gasteiger partial charge is 0.328 e. The molecule has 0 aliphatic carbocycles. The third-order valence-electron chi connectivity index (χ3n) is 3.54. The average molecular weight is 276 g/mol. The van der Waals surface area contributed by atoms with Crippen molar-refractivity contribution >= 4 is 17.6 Å². The Morgan fingerprint density at radius 2 is 2.10 bits per heavy atom. The molecule has 0 saturated carbocycles. The minimum Gasteiger partial charge on any atom is -0.480 e. The van der Waals surface area contributed by atoms with E-state index in [4.69, 9.17) is 0 Å². The molecule has 1 aromatic rings. The number of amides is 1. The van der Waals surface area contributed by atoms with Gasteiger partial charge in [-0.3, -0.25) is 4.79 Å². The SMILES string of the molecule is CC(=O)NC(CN1CCCCc2ccccc21)C(=O)O. The fourth-order valence-corrected chi connectivity index (χ4v) is 2.61. The van der Waals surface area contributed by atoms with Gasteiger partial charge < -0.3 is 15.3 Å². The fraction of sp³-hybridized carbons (Fsp3) is 0.467. The first-order valence-corrected chi connectivity index (χ1v) is 6.90. The molecule has 20 heavy (non-hydrogen) atoms. The van der Waals surface area contributed by atoms with Crippen LogP contribution < -0.4 is 10.2 Å². The average Bonchev–Trinajstić information content (AvgIpc) is 2.60. The zero-order chi connectivity index (χ0) is 14.5. The Hall–Kier alpha value is -2.04. The Balaban J connectivity index is 2.18. The first-order chi connectivity index (χ1) is 9.58. The van der Waals surface area contributed by atoms with Crippen LogP contribution in [-0.4, -0.2) is 36.1 Å². The highest BCUT2D eigenvalue weighted by Gasteiger charge is 2.24. The Kier molecular flexibility index (Phi) is 4.61. The number of rotatable bonds is 4. The maximum absolute atomic E-state index is 11.3. The number of para-hydroxylation sites is 1. The summed E-state index contributed by atoms with van der Waals surface area (Å²) in [6, 6.07) is 7.20. The van der Waals surface area contributed by atoms with Gasteiger partial charge in [-0.2, -0.15) is 0 Å². The summed E-state index contributed by atoms with van der Waals surface area (Å²) in [4.78, 5) is 24.5. The van der Waals surface area contributed by atoms with Crippen molar-refractivity contribution in [2.24, 2.45) is 0 Å². The van der Waals surface area contributed by atoms with E-state index in [1.54, 1.807) is 0 Å². The van der Waals surface area contributed by atoms with Gasteiger partial charge in [-0.25, -0.2) is 4.79 Å². The lowest BCUT2D eigenvalue weighted by atomic mass is 10.1. The van der Waals surface area contributed by atoms with E-state index >= 15 is 0 Å². The summed E-state index contributed by atoms with van der Waals surface area (Å²) in [5.41, 5.74) is 2.33. The number of benzene rings is 1. The van der Waals surface area contributed by atoms with Crippen LogP contribution in [0.3, 0.4) is 0 Å². The highest BCUT2D eigenvalue weighted by atomic mass is 16.4. The van der Waals surface area contributed by atoms with Crippen LogP contribution in [0.25, 0.3) is 0 Å². The van der Waals surface area contributed by atoms with Crippen molar-refractivity contribution < 1.29 is 14.7 Å². The maximum Gasteiger partial charge on any atom is 0.328 e. The Morgan fingerprint density at radius 1 is 1.35 bits per heavy atom. The Labute approximate surface area is 118 Å². The lowest BCUT2D eigenvalue weighted by molar-refractivity contribution is -0.141. The maximum atomic E-state index is 11.3. The third-order valence-corrected chi connectivity index (χ3v) is 3.54. The Morgan fingerprint density at radius 3 is 2.80 bits per heavy atom. The quantitative estimate of drug-likeness (QED) is 0.872. The highest BCUT2D eigenvalue weighted by Crippen LogP contribution is 2.26. The van der Waals surface area contributed by atoms with Gasteiger partial charge in [-0.15, -0.1) is 0 Å². The molecule has 1 aromatic carbocycles. The van der Waals surface area contributed by atoms with Gasteiger partial charge >= 0.3 is 5.97 Å². The predicted molar refractivity (Wildman–Crippen MR) is 76.8 cm³/mol. The van der Waals surface area contributed by atoms with E-state index < -0.39 is 12.0 Å². The molecule has 0 bridgehead atoms. The molecule has 1 aliphatic rings. The van der Waals surface area contributed by atoms with Gasteiger partial charge in [0.2, 0.25) is 5.91 Å². The molecule has 5 heteroatoms. The molecule has 108 valence electrons. The molecule has 1 heterocycles. The lowest BCUT2D eigenvalue weighted by Gasteiger charge is -2.28. The molecule has 2 N–H and O–H groups in total. The van der Waals surface area contributed by atoms with Crippen molar-refractivity contribution in [3.63, 3.8) is 0 Å². The van der Waals surface area contributed by atoms with Gasteiger partial charge in [-0.05, 0) is 30.9 Å². The van der Waals surface area contributed by atoms with E-state index in [2.05, 4.69) is 16.3 Å². The number of hydrogen-bond donors (Lipinski definition) is 2. The van der Waals surface area contributed by atoms with Crippen LogP contribution >= 0.6 is 0 Å². The summed E-state index contributed by atoms with van der Waals surface area (Å²) in [7, 11) is 0. The number of nitrogens with zero attached hydrogens (tertiary/aromatic N) is 1. The number of carbonyl (C=O) groups is 2. The second-order valence-corrected chi connectivity index (χ2v) is 5.12. The van der Waals surface area contributed by atoms with E-state index in [1.165, 1.54) is 12.5 Å². The molecule has 2 rings (SSSR count). The van der Waals surface area contributed by atoms with E-state index in [0.29, 0.717) is 6.54 Å². The first-order valence-electron chi connectivity index (χ1n) is 6.90. The molecule has 1 atom stereocenters. The molecule has 0 fully saturated rings. The van der Waals surface area contributed by atoms with Crippen LogP contribution in [-0.2, 0) is 16.0 Å². The second kappa shape index (κ2) is 6.41. The van der Waals surface area contributed by atoms with Gasteiger partial charge in [-0.1, -0.05) is 18.2 Å². The standard InChI is InChI=1S/C15H20N2O3/c1-11(18)16-13(15(19)20)10-17-9-5-4-7-12-6-2-3-8-14(12)17/h2-3,6,8,13H,4-5,7,9-10H2,1H3,(H,16,18)(H,19,20). The number of aryl methyl sites for hydroxylation is 1. The summed E-state index contributed by atoms with van der Waals surface area (Å²) in [5.74, 6) is -1.32. The van der Waals surface area contributed by atoms with Crippen molar-refractivity contribution in [1.82, 2.24) is 5.32 Å². The van der Waals surface area contributed by atoms with Crippen molar-refractivity contribution in [2.75, 3.05) is 18.0 Å². The summed E-state index contributed by atoms with van der Waals surface area (Å²) in [6.45, 7) is 2.46. The number of carboxylic acid groups (broad SMARTS) is 1. The number of fused-ring (bicyclic) bond motifs is 1. The normalized spacial score (nSPS) is 15.9. The minimum atomic E-state index is -0.998. The Bertz CT molecular complexity index is 502. The topological polar surface area (TPSA) is 69.6 Å². The zero-order valence-corrected chi connectivity index (χ0v) is 11.6. The van der Waals surface area contributed by atoms with Crippen molar-refractivity contribution in [1.29, 1.82) is 0 Å². The van der Waals surface area contributed by atoms with E-state index in [1.807, 2.05) is 18.2 Å². The van der Waals surface area contributed by atoms with Gasteiger partial charge in [0, 0.05) is 25.7 Å². The molecule has 0 spiro atoms. The second-order valence-electron chi connectivity index (χ2n) is 5.12. The number of aliphatic carboxylic acids is 1. The highest BCUT2D eigenvalue weighted by molar-refractivity contribution is 5.82. The molecule has 0 saturated heterocycles. The number of hydrogen-bond acceptors (Lipinski definition) is 3. The number of nitrogens with one attached hydrogen (secondary N) is 1. The number of carbonyl (C=O) groups excluding carboxylic acids is 1. The fourth-order valence-electron chi connectivity index (χ4n) is 2.61. The van der Waals surface area contributed by atoms with E-state index in [0.717, 1.165) is 31.5 Å². The monoisotopic (exact) mass is 276 g/mol. The van der Waals surface area contributed by atoms with Crippen LogP contribution in [0.1, 0.15) is 25.3 Å². The summed E-state index contributed by atoms with van der Waals surface area (Å²) in [6.07, 6.45) is 3.15. The van der Waals surface area contributed by atoms with Crippen LogP contribution in [0.15, 0.2) is 24.3 Å². The number of carboxylic acids is 1. The minimum absolute atomic E-state index is 0.298. The molecular weight excluding hydrogens is 256 g/mol. The molecule has 0 aromatic heterocycles. The van der Waals surface area contributed by atoms with Gasteiger partial charge in [0.05, 0.1) is 0 Å². The molecule has 1 amide bonds. The van der Waals surface area contributed by atoms with Crippen LogP contribution in [0.4, 0.5) is 5.69 Å². The van der Waals surface area contributed by atoms with Crippen molar-refractivity contribution in [2.45, 2.75) is 32.2 Å². The van der Waals surface area contributed by atoms with E-state index in [-0.39, 0.29) is 5.91 Å². The summed E-state index contributed by atoms with van der Waals surface area (Å²) >= 11 is 0. The first kappa shape index (κ1) is 14.4. The molecule has 1 aliphatic heterocycles. The summed E-state index contributed by atoms with van der Waals surface area (Å²) in [5, 5.41) is 11.7. The molecule has 0 radical (unpaired) electrons. The van der Waals surface area contributed by atoms with Crippen molar-refractivity contribution in [3.8, 4) is 0 Å². The van der Waals surface area contributed by atoms with Crippen molar-refractivity contribution in [3.05, 3.63) is 29.8 Å². The van der Waals surface area contributed by atoms with Crippen LogP contribution in [0, 0.1) is 0 Å². The predicted octanol–water partition coefficient (Wildman–Crippen LogP) is 1.42. The molecular formula is C15H20N2O3. The third kappa shape index (κ3) is 3.50. The number of anilines is 1. The zero-order valence-electron chi connectivity index (χ0n) is 11.6. The summed E-state index contributed by atoms with van der Waals surface area (Å²) < 4.78 is 0. The molecule has 1 unspecified atom stereocenters. The lowest BCUT2D eigenvalue weighted by Crippen LogP contribution is -2.48. The van der Waals surface area contributed by atoms with Crippen LogP contribution in [0.2, 0.25) is 0 Å². The molecule has 5 nitrogen and oxygen atoms in total. The van der Waals surface area contributed by atoms with Gasteiger partial charge in [0.15, 0.2) is 0 Å².